The van der Waals surface area contributed by atoms with Crippen molar-refractivity contribution in [1.82, 2.24) is 8.87 Å². The van der Waals surface area contributed by atoms with E-state index in [4.69, 9.17) is 4.74 Å². The Morgan fingerprint density at radius 3 is 2.31 bits per heavy atom. The number of benzene rings is 2. The highest BCUT2D eigenvalue weighted by Gasteiger charge is 2.27. The molecular weight excluding hydrogens is 516 g/mol. The number of nitrogens with zero attached hydrogens (tertiary/aromatic N) is 2. The summed E-state index contributed by atoms with van der Waals surface area (Å²) in [6.07, 6.45) is 4.11. The van der Waals surface area contributed by atoms with Crippen LogP contribution in [0.15, 0.2) is 47.5 Å². The number of ether oxygens (including phenoxy) is 1. The van der Waals surface area contributed by atoms with E-state index in [0.717, 1.165) is 41.3 Å². The lowest BCUT2D eigenvalue weighted by Crippen LogP contribution is -2.35. The van der Waals surface area contributed by atoms with Gasteiger partial charge in [-0.1, -0.05) is 12.5 Å². The van der Waals surface area contributed by atoms with Crippen LogP contribution in [0, 0.1) is 13.8 Å². The molecule has 4 rings (SSSR count). The molecule has 10 heteroatoms. The van der Waals surface area contributed by atoms with Crippen LogP contribution in [0.25, 0.3) is 10.9 Å². The smallest absolute Gasteiger partial charge is 0.412 e. The van der Waals surface area contributed by atoms with Crippen LogP contribution in [-0.4, -0.2) is 48.0 Å². The highest BCUT2D eigenvalue weighted by molar-refractivity contribution is 7.89. The number of hydrogen-bond donors (Lipinski definition) is 2. The lowest BCUT2D eigenvalue weighted by molar-refractivity contribution is -0.118. The van der Waals surface area contributed by atoms with Crippen molar-refractivity contribution in [1.29, 1.82) is 0 Å². The molecule has 1 saturated heterocycles. The molecule has 1 atom stereocenters. The molecule has 0 radical (unpaired) electrons. The van der Waals surface area contributed by atoms with E-state index < -0.39 is 27.8 Å². The number of nitrogens with one attached hydrogen (secondary N) is 2. The highest BCUT2D eigenvalue weighted by Crippen LogP contribution is 2.30. The van der Waals surface area contributed by atoms with E-state index in [1.54, 1.807) is 62.3 Å². The van der Waals surface area contributed by atoms with Gasteiger partial charge in [-0.15, -0.1) is 0 Å². The predicted octanol–water partition coefficient (Wildman–Crippen LogP) is 5.98. The van der Waals surface area contributed by atoms with Crippen molar-refractivity contribution in [3.05, 3.63) is 53.7 Å². The third-order valence-electron chi connectivity index (χ3n) is 6.89. The summed E-state index contributed by atoms with van der Waals surface area (Å²) in [4.78, 5) is 25.8. The number of rotatable bonds is 6. The zero-order valence-electron chi connectivity index (χ0n) is 23.5. The average molecular weight is 555 g/mol. The third-order valence-corrected chi connectivity index (χ3v) is 8.79. The summed E-state index contributed by atoms with van der Waals surface area (Å²) < 4.78 is 35.2. The van der Waals surface area contributed by atoms with E-state index in [1.165, 1.54) is 0 Å². The van der Waals surface area contributed by atoms with Gasteiger partial charge >= 0.3 is 6.09 Å². The molecule has 2 aromatic carbocycles. The van der Waals surface area contributed by atoms with Gasteiger partial charge in [0, 0.05) is 41.6 Å². The number of aromatic nitrogens is 1. The van der Waals surface area contributed by atoms with Gasteiger partial charge in [0.25, 0.3) is 0 Å². The molecule has 1 aliphatic heterocycles. The molecule has 0 spiro atoms. The Bertz CT molecular complexity index is 1500. The third kappa shape index (κ3) is 6.45. The van der Waals surface area contributed by atoms with Gasteiger partial charge in [0.2, 0.25) is 15.9 Å². The maximum atomic E-state index is 13.3. The first kappa shape index (κ1) is 28.6. The Morgan fingerprint density at radius 2 is 1.64 bits per heavy atom. The molecule has 2 heterocycles. The summed E-state index contributed by atoms with van der Waals surface area (Å²) in [6, 6.07) is 9.80. The molecule has 0 aliphatic carbocycles. The van der Waals surface area contributed by atoms with Crippen molar-refractivity contribution >= 4 is 44.3 Å². The van der Waals surface area contributed by atoms with Crippen molar-refractivity contribution in [2.45, 2.75) is 77.3 Å². The van der Waals surface area contributed by atoms with E-state index in [2.05, 4.69) is 10.6 Å². The van der Waals surface area contributed by atoms with E-state index >= 15 is 0 Å². The van der Waals surface area contributed by atoms with Crippen LogP contribution in [0.4, 0.5) is 16.2 Å². The van der Waals surface area contributed by atoms with Crippen LogP contribution >= 0.6 is 0 Å². The molecule has 1 fully saturated rings. The van der Waals surface area contributed by atoms with E-state index in [9.17, 15) is 18.0 Å². The number of anilines is 2. The fourth-order valence-electron chi connectivity index (χ4n) is 4.76. The molecule has 9 nitrogen and oxygen atoms in total. The van der Waals surface area contributed by atoms with Gasteiger partial charge in [-0.3, -0.25) is 10.1 Å². The van der Waals surface area contributed by atoms with Crippen LogP contribution in [0.2, 0.25) is 0 Å². The zero-order valence-corrected chi connectivity index (χ0v) is 24.3. The van der Waals surface area contributed by atoms with Crippen molar-refractivity contribution < 1.29 is 22.7 Å². The number of fused-ring (bicyclic) bond motifs is 1. The molecule has 2 N–H and O–H groups in total. The fraction of sp³-hybridized carbons (Fsp3) is 0.448. The van der Waals surface area contributed by atoms with Crippen LogP contribution in [0.3, 0.4) is 0 Å². The number of carbonyl (C=O) groups excluding carboxylic acids is 2. The quantitative estimate of drug-likeness (QED) is 0.390. The Hall–Kier alpha value is -3.37. The summed E-state index contributed by atoms with van der Waals surface area (Å²) in [6.45, 7) is 12.0. The molecule has 0 saturated carbocycles. The zero-order chi connectivity index (χ0) is 28.5. The number of sulfonamides is 1. The standard InChI is InChI=1S/C29H38N4O5S/c1-19-10-11-22(30-28(35)38-29(4,5)6)16-25(19)31-27(34)21(3)33-18-20(2)24-17-23(12-13-26(24)33)39(36,37)32-14-8-7-9-15-32/h10-13,16-18,21H,7-9,14-15H2,1-6H3,(H,30,35)(H,31,34). The monoisotopic (exact) mass is 554 g/mol. The van der Waals surface area contributed by atoms with Gasteiger partial charge in [-0.05, 0) is 95.8 Å². The molecule has 3 aromatic rings. The van der Waals surface area contributed by atoms with Gasteiger partial charge in [-0.2, -0.15) is 4.31 Å². The van der Waals surface area contributed by atoms with E-state index in [-0.39, 0.29) is 10.8 Å². The maximum Gasteiger partial charge on any atom is 0.412 e. The van der Waals surface area contributed by atoms with Gasteiger partial charge < -0.3 is 14.6 Å². The van der Waals surface area contributed by atoms with E-state index in [1.807, 2.05) is 30.7 Å². The fourth-order valence-corrected chi connectivity index (χ4v) is 6.30. The second kappa shape index (κ2) is 11.0. The number of carbonyl (C=O) groups is 2. The molecule has 1 aliphatic rings. The molecule has 1 unspecified atom stereocenters. The molecule has 2 amide bonds. The lowest BCUT2D eigenvalue weighted by atomic mass is 10.1. The first-order valence-corrected chi connectivity index (χ1v) is 14.7. The number of piperidine rings is 1. The number of hydrogen-bond acceptors (Lipinski definition) is 5. The van der Waals surface area contributed by atoms with Gasteiger partial charge in [0.15, 0.2) is 0 Å². The van der Waals surface area contributed by atoms with Crippen LogP contribution in [0.1, 0.15) is 64.1 Å². The molecule has 210 valence electrons. The van der Waals surface area contributed by atoms with Crippen molar-refractivity contribution in [3.8, 4) is 0 Å². The normalized spacial score (nSPS) is 15.6. The number of amides is 2. The van der Waals surface area contributed by atoms with E-state index in [0.29, 0.717) is 24.5 Å². The number of aryl methyl sites for hydroxylation is 2. The molecular formula is C29H38N4O5S. The Labute approximate surface area is 230 Å². The van der Waals surface area contributed by atoms with Gasteiger partial charge in [0.05, 0.1) is 4.90 Å². The molecule has 39 heavy (non-hydrogen) atoms. The summed E-state index contributed by atoms with van der Waals surface area (Å²) in [5, 5.41) is 6.47. The van der Waals surface area contributed by atoms with Crippen LogP contribution < -0.4 is 10.6 Å². The lowest BCUT2D eigenvalue weighted by Gasteiger charge is -2.26. The largest absolute Gasteiger partial charge is 0.444 e. The van der Waals surface area contributed by atoms with Crippen molar-refractivity contribution in [3.63, 3.8) is 0 Å². The SMILES string of the molecule is Cc1ccc(NC(=O)OC(C)(C)C)cc1NC(=O)C(C)n1cc(C)c2cc(S(=O)(=O)N3CCCCC3)ccc21. The minimum Gasteiger partial charge on any atom is -0.444 e. The Kier molecular flexibility index (Phi) is 8.09. The summed E-state index contributed by atoms with van der Waals surface area (Å²) in [5.41, 5.74) is 2.96. The van der Waals surface area contributed by atoms with Crippen LogP contribution in [-0.2, 0) is 19.6 Å². The van der Waals surface area contributed by atoms with Crippen molar-refractivity contribution in [2.75, 3.05) is 23.7 Å². The topological polar surface area (TPSA) is 110 Å². The Morgan fingerprint density at radius 1 is 0.949 bits per heavy atom. The highest BCUT2D eigenvalue weighted by atomic mass is 32.2. The summed E-state index contributed by atoms with van der Waals surface area (Å²) in [5.74, 6) is -0.241. The first-order valence-electron chi connectivity index (χ1n) is 13.3. The second-order valence-corrected chi connectivity index (χ2v) is 13.1. The maximum absolute atomic E-state index is 13.3. The van der Waals surface area contributed by atoms with Gasteiger partial charge in [-0.25, -0.2) is 13.2 Å². The minimum atomic E-state index is -3.56. The average Bonchev–Trinajstić information content (AvgIpc) is 3.20. The molecule has 0 bridgehead atoms. The summed E-state index contributed by atoms with van der Waals surface area (Å²) in [7, 11) is -3.56. The first-order chi connectivity index (χ1) is 18.3. The Balaban J connectivity index is 1.54. The van der Waals surface area contributed by atoms with Crippen LogP contribution in [0.5, 0.6) is 0 Å². The second-order valence-electron chi connectivity index (χ2n) is 11.2. The minimum absolute atomic E-state index is 0.241. The summed E-state index contributed by atoms with van der Waals surface area (Å²) >= 11 is 0. The predicted molar refractivity (Wildman–Crippen MR) is 154 cm³/mol. The molecule has 1 aromatic heterocycles. The van der Waals surface area contributed by atoms with Crippen molar-refractivity contribution in [2.24, 2.45) is 0 Å². The van der Waals surface area contributed by atoms with Gasteiger partial charge in [0.1, 0.15) is 11.6 Å².